The van der Waals surface area contributed by atoms with Crippen molar-refractivity contribution in [1.29, 1.82) is 0 Å². The first kappa shape index (κ1) is 15.4. The quantitative estimate of drug-likeness (QED) is 0.633. The van der Waals surface area contributed by atoms with Gasteiger partial charge in [0.15, 0.2) is 11.2 Å². The highest BCUT2D eigenvalue weighted by molar-refractivity contribution is 7.10. The van der Waals surface area contributed by atoms with Crippen LogP contribution in [-0.2, 0) is 19.7 Å². The highest BCUT2D eigenvalue weighted by atomic mass is 32.1. The molecule has 3 nitrogen and oxygen atoms in total. The van der Waals surface area contributed by atoms with E-state index in [1.54, 1.807) is 17.4 Å². The van der Waals surface area contributed by atoms with Gasteiger partial charge in [0.25, 0.3) is 0 Å². The molecule has 0 radical (unpaired) electrons. The molecule has 116 valence electrons. The summed E-state index contributed by atoms with van der Waals surface area (Å²) in [6.45, 7) is 0. The fourth-order valence-electron chi connectivity index (χ4n) is 2.89. The second-order valence-corrected chi connectivity index (χ2v) is 6.28. The lowest BCUT2D eigenvalue weighted by Gasteiger charge is -2.31. The number of esters is 1. The molecule has 1 aliphatic carbocycles. The molecule has 1 heterocycles. The van der Waals surface area contributed by atoms with Crippen molar-refractivity contribution in [2.24, 2.45) is 0 Å². The van der Waals surface area contributed by atoms with Crippen LogP contribution in [-0.4, -0.2) is 18.9 Å². The summed E-state index contributed by atoms with van der Waals surface area (Å²) in [5, 5.41) is 1.99. The third-order valence-corrected chi connectivity index (χ3v) is 4.88. The Balaban J connectivity index is 2.05. The largest absolute Gasteiger partial charge is 0.468 e. The van der Waals surface area contributed by atoms with Crippen molar-refractivity contribution >= 4 is 35.2 Å². The van der Waals surface area contributed by atoms with Gasteiger partial charge in [0, 0.05) is 4.88 Å². The maximum Gasteiger partial charge on any atom is 0.324 e. The summed E-state index contributed by atoms with van der Waals surface area (Å²) in [5.74, 6) is -0.756. The molecule has 0 amide bonds. The summed E-state index contributed by atoms with van der Waals surface area (Å²) in [6.07, 6.45) is 7.30. The molecule has 4 heteroatoms. The fraction of sp³-hybridized carbons (Fsp3) is 0.158. The van der Waals surface area contributed by atoms with Gasteiger partial charge < -0.3 is 4.74 Å². The van der Waals surface area contributed by atoms with Gasteiger partial charge in [0.2, 0.25) is 0 Å². The Hall–Kier alpha value is -2.46. The number of methoxy groups -OCH3 is 1. The van der Waals surface area contributed by atoms with Gasteiger partial charge in [-0.05, 0) is 41.1 Å². The first-order valence-electron chi connectivity index (χ1n) is 7.29. The number of ketones is 1. The van der Waals surface area contributed by atoms with Crippen molar-refractivity contribution in [2.45, 2.75) is 11.8 Å². The Bertz CT molecular complexity index is 787. The van der Waals surface area contributed by atoms with Crippen LogP contribution in [0.15, 0.2) is 53.9 Å². The average molecular weight is 324 g/mol. The zero-order valence-electron chi connectivity index (χ0n) is 12.7. The Labute approximate surface area is 138 Å². The molecule has 0 saturated heterocycles. The van der Waals surface area contributed by atoms with Crippen molar-refractivity contribution in [1.82, 2.24) is 0 Å². The molecule has 0 aliphatic heterocycles. The van der Waals surface area contributed by atoms with Gasteiger partial charge in [0.05, 0.1) is 7.11 Å². The topological polar surface area (TPSA) is 43.4 Å². The van der Waals surface area contributed by atoms with E-state index in [4.69, 9.17) is 4.74 Å². The number of hydrogen-bond acceptors (Lipinski definition) is 4. The zero-order chi connectivity index (χ0) is 16.3. The number of ether oxygens (including phenoxy) is 1. The van der Waals surface area contributed by atoms with Gasteiger partial charge in [-0.1, -0.05) is 42.5 Å². The molecule has 23 heavy (non-hydrogen) atoms. The number of thiophene rings is 1. The predicted molar refractivity (Wildman–Crippen MR) is 92.1 cm³/mol. The van der Waals surface area contributed by atoms with E-state index < -0.39 is 11.4 Å². The Kier molecular flexibility index (Phi) is 4.26. The Morgan fingerprint density at radius 2 is 2.04 bits per heavy atom. The summed E-state index contributed by atoms with van der Waals surface area (Å²) in [5.41, 5.74) is 0.283. The molecule has 2 aromatic rings. The maximum absolute atomic E-state index is 12.7. The lowest BCUT2D eigenvalue weighted by Crippen LogP contribution is -2.45. The molecule has 1 aliphatic rings. The number of benzene rings is 1. The van der Waals surface area contributed by atoms with Crippen molar-refractivity contribution in [2.75, 3.05) is 7.11 Å². The maximum atomic E-state index is 12.7. The normalized spacial score (nSPS) is 19.8. The van der Waals surface area contributed by atoms with E-state index in [1.807, 2.05) is 53.9 Å². The smallest absolute Gasteiger partial charge is 0.324 e. The molecule has 1 aromatic carbocycles. The third-order valence-electron chi connectivity index (χ3n) is 4.04. The average Bonchev–Trinajstić information content (AvgIpc) is 3.09. The number of carbonyl (C=O) groups excluding carboxylic acids is 2. The summed E-state index contributed by atoms with van der Waals surface area (Å²) < 4.78 is 4.98. The van der Waals surface area contributed by atoms with Gasteiger partial charge >= 0.3 is 5.97 Å². The van der Waals surface area contributed by atoms with Crippen LogP contribution in [0.25, 0.3) is 12.2 Å². The zero-order valence-corrected chi connectivity index (χ0v) is 13.5. The summed E-state index contributed by atoms with van der Waals surface area (Å²) >= 11 is 1.61. The number of carbonyl (C=O) groups is 2. The van der Waals surface area contributed by atoms with E-state index >= 15 is 0 Å². The SMILES string of the molecule is COC(=O)C1(C/C=C/c2cccs2)C(=O)C=Cc2ccccc21. The molecular formula is C19H16O3S. The van der Waals surface area contributed by atoms with E-state index in [2.05, 4.69) is 0 Å². The minimum Gasteiger partial charge on any atom is -0.468 e. The lowest BCUT2D eigenvalue weighted by molar-refractivity contribution is -0.150. The number of allylic oxidation sites excluding steroid dienone is 2. The standard InChI is InChI=1S/C19H16O3S/c1-22-18(21)19(12-4-7-15-8-5-13-23-15)16-9-3-2-6-14(16)10-11-17(19)20/h2-11,13H,12H2,1H3/b7-4+. The van der Waals surface area contributed by atoms with Gasteiger partial charge in [-0.2, -0.15) is 0 Å². The van der Waals surface area contributed by atoms with Crippen LogP contribution >= 0.6 is 11.3 Å². The van der Waals surface area contributed by atoms with Crippen molar-refractivity contribution in [3.8, 4) is 0 Å². The van der Waals surface area contributed by atoms with E-state index in [1.165, 1.54) is 13.2 Å². The molecule has 3 rings (SSSR count). The monoisotopic (exact) mass is 324 g/mol. The minimum atomic E-state index is -1.30. The van der Waals surface area contributed by atoms with Crippen LogP contribution in [0.2, 0.25) is 0 Å². The van der Waals surface area contributed by atoms with Gasteiger partial charge in [-0.3, -0.25) is 9.59 Å². The van der Waals surface area contributed by atoms with E-state index in [0.29, 0.717) is 5.56 Å². The fourth-order valence-corrected chi connectivity index (χ4v) is 3.53. The van der Waals surface area contributed by atoms with Crippen LogP contribution in [0.5, 0.6) is 0 Å². The van der Waals surface area contributed by atoms with Crippen LogP contribution < -0.4 is 0 Å². The first-order chi connectivity index (χ1) is 11.2. The minimum absolute atomic E-state index is 0.237. The summed E-state index contributed by atoms with van der Waals surface area (Å²) in [7, 11) is 1.32. The summed E-state index contributed by atoms with van der Waals surface area (Å²) in [4.78, 5) is 26.3. The van der Waals surface area contributed by atoms with Crippen molar-refractivity contribution < 1.29 is 14.3 Å². The Morgan fingerprint density at radius 3 is 2.78 bits per heavy atom. The molecule has 0 saturated carbocycles. The van der Waals surface area contributed by atoms with E-state index in [-0.39, 0.29) is 12.2 Å². The van der Waals surface area contributed by atoms with Crippen LogP contribution in [0, 0.1) is 0 Å². The van der Waals surface area contributed by atoms with Crippen LogP contribution in [0.3, 0.4) is 0 Å². The molecule has 0 N–H and O–H groups in total. The second-order valence-electron chi connectivity index (χ2n) is 5.30. The molecule has 0 bridgehead atoms. The molecule has 0 fully saturated rings. The molecule has 0 spiro atoms. The molecule has 1 atom stereocenters. The molecule has 1 aromatic heterocycles. The first-order valence-corrected chi connectivity index (χ1v) is 8.17. The second kappa shape index (κ2) is 6.34. The number of fused-ring (bicyclic) bond motifs is 1. The van der Waals surface area contributed by atoms with Crippen LogP contribution in [0.4, 0.5) is 0 Å². The highest BCUT2D eigenvalue weighted by Gasteiger charge is 2.48. The molecular weight excluding hydrogens is 308 g/mol. The predicted octanol–water partition coefficient (Wildman–Crippen LogP) is 3.86. The van der Waals surface area contributed by atoms with E-state index in [9.17, 15) is 9.59 Å². The van der Waals surface area contributed by atoms with Crippen molar-refractivity contribution in [3.05, 3.63) is 69.9 Å². The molecule has 1 unspecified atom stereocenters. The third kappa shape index (κ3) is 2.66. The Morgan fingerprint density at radius 1 is 1.22 bits per heavy atom. The van der Waals surface area contributed by atoms with Gasteiger partial charge in [0.1, 0.15) is 0 Å². The summed E-state index contributed by atoms with van der Waals surface area (Å²) in [6, 6.07) is 11.4. The lowest BCUT2D eigenvalue weighted by atomic mass is 9.69. The van der Waals surface area contributed by atoms with Gasteiger partial charge in [-0.15, -0.1) is 11.3 Å². The number of hydrogen-bond donors (Lipinski definition) is 0. The number of rotatable bonds is 4. The highest BCUT2D eigenvalue weighted by Crippen LogP contribution is 2.38. The van der Waals surface area contributed by atoms with Crippen LogP contribution in [0.1, 0.15) is 22.4 Å². The van der Waals surface area contributed by atoms with Gasteiger partial charge in [-0.25, -0.2) is 0 Å². The van der Waals surface area contributed by atoms with E-state index in [0.717, 1.165) is 10.4 Å². The van der Waals surface area contributed by atoms with Crippen molar-refractivity contribution in [3.63, 3.8) is 0 Å².